The number of carbonyl (C=O) groups is 4. The van der Waals surface area contributed by atoms with Crippen LogP contribution in [0.25, 0.3) is 0 Å². The minimum Gasteiger partial charge on any atom is -0.461 e. The Morgan fingerprint density at radius 2 is 1.06 bits per heavy atom. The third kappa shape index (κ3) is 10.8. The molecule has 0 spiro atoms. The highest BCUT2D eigenvalue weighted by molar-refractivity contribution is 6.65. The number of unbranched alkanes of at least 4 members (excludes halogenated alkanes) is 1. The zero-order valence-corrected chi connectivity index (χ0v) is 18.4. The van der Waals surface area contributed by atoms with Crippen molar-refractivity contribution in [2.75, 3.05) is 13.2 Å². The first kappa shape index (κ1) is 28.2. The molecule has 0 radical (unpaired) electrons. The van der Waals surface area contributed by atoms with Gasteiger partial charge in [0.2, 0.25) is 23.2 Å². The van der Waals surface area contributed by atoms with Crippen molar-refractivity contribution < 1.29 is 39.1 Å². The zero-order chi connectivity index (χ0) is 24.5. The molecule has 0 aliphatic carbocycles. The molecular weight excluding hydrogens is 428 g/mol. The number of nitrogens with zero attached hydrogens (tertiary/aromatic N) is 4. The third-order valence-corrected chi connectivity index (χ3v) is 3.58. The fourth-order valence-corrected chi connectivity index (χ4v) is 2.00. The van der Waals surface area contributed by atoms with E-state index in [0.717, 1.165) is 0 Å². The standard InChI is InChI=1S/C18H28N6O8/c1-5-31-17(27)15(23-29)11(3)19-21-13(25)9-7-8-10-14(26)22-20-12(4)16(24-30)18(28)32-6-2/h29-30H,5-10H2,1-4H3,(H,21,25)(H,22,26). The Labute approximate surface area is 184 Å². The van der Waals surface area contributed by atoms with Gasteiger partial charge in [0, 0.05) is 12.8 Å². The van der Waals surface area contributed by atoms with Crippen LogP contribution in [-0.2, 0) is 28.7 Å². The van der Waals surface area contributed by atoms with Crippen LogP contribution in [0.4, 0.5) is 0 Å². The van der Waals surface area contributed by atoms with Crippen LogP contribution >= 0.6 is 0 Å². The van der Waals surface area contributed by atoms with E-state index in [1.807, 2.05) is 0 Å². The summed E-state index contributed by atoms with van der Waals surface area (Å²) in [5, 5.41) is 30.7. The van der Waals surface area contributed by atoms with Gasteiger partial charge in [-0.25, -0.2) is 20.4 Å². The molecule has 0 aliphatic heterocycles. The SMILES string of the molecule is CCOC(=O)C(=NO)C(C)=NNC(=O)CCCCC(=O)NN=C(C)C(=NO)C(=O)OCC. The van der Waals surface area contributed by atoms with Crippen LogP contribution in [0.2, 0.25) is 0 Å². The van der Waals surface area contributed by atoms with E-state index in [1.165, 1.54) is 13.8 Å². The molecule has 0 aliphatic rings. The molecule has 0 fully saturated rings. The van der Waals surface area contributed by atoms with E-state index in [1.54, 1.807) is 13.8 Å². The van der Waals surface area contributed by atoms with Gasteiger partial charge in [0.15, 0.2) is 0 Å². The Kier molecular flexibility index (Phi) is 14.0. The summed E-state index contributed by atoms with van der Waals surface area (Å²) < 4.78 is 9.38. The van der Waals surface area contributed by atoms with Gasteiger partial charge in [0.25, 0.3) is 0 Å². The molecule has 0 unspecified atom stereocenters. The van der Waals surface area contributed by atoms with Crippen molar-refractivity contribution in [2.24, 2.45) is 20.5 Å². The lowest BCUT2D eigenvalue weighted by atomic mass is 10.2. The van der Waals surface area contributed by atoms with Gasteiger partial charge in [-0.05, 0) is 40.5 Å². The zero-order valence-electron chi connectivity index (χ0n) is 18.4. The highest BCUT2D eigenvalue weighted by atomic mass is 16.5. The summed E-state index contributed by atoms with van der Waals surface area (Å²) in [5.74, 6) is -2.71. The molecule has 2 amide bonds. The van der Waals surface area contributed by atoms with Crippen LogP contribution in [-0.4, -0.2) is 70.2 Å². The molecule has 32 heavy (non-hydrogen) atoms. The molecule has 14 heteroatoms. The quantitative estimate of drug-likeness (QED) is 0.0997. The fourth-order valence-electron chi connectivity index (χ4n) is 2.00. The predicted octanol–water partition coefficient (Wildman–Crippen LogP) is 0.318. The number of amides is 2. The molecule has 0 aromatic rings. The van der Waals surface area contributed by atoms with Crippen molar-refractivity contribution in [2.45, 2.75) is 53.4 Å². The van der Waals surface area contributed by atoms with Crippen molar-refractivity contribution in [1.29, 1.82) is 0 Å². The molecule has 0 bridgehead atoms. The maximum atomic E-state index is 11.8. The summed E-state index contributed by atoms with van der Waals surface area (Å²) in [4.78, 5) is 46.7. The van der Waals surface area contributed by atoms with Crippen molar-refractivity contribution in [1.82, 2.24) is 10.9 Å². The number of ether oxygens (including phenoxy) is 2. The maximum absolute atomic E-state index is 11.8. The fraction of sp³-hybridized carbons (Fsp3) is 0.556. The van der Waals surface area contributed by atoms with Gasteiger partial charge in [-0.2, -0.15) is 10.2 Å². The van der Waals surface area contributed by atoms with E-state index in [9.17, 15) is 19.2 Å². The van der Waals surface area contributed by atoms with E-state index in [2.05, 4.69) is 40.8 Å². The second-order valence-electron chi connectivity index (χ2n) is 6.01. The first-order chi connectivity index (χ1) is 15.2. The third-order valence-electron chi connectivity index (χ3n) is 3.58. The largest absolute Gasteiger partial charge is 0.461 e. The van der Waals surface area contributed by atoms with Crippen molar-refractivity contribution >= 4 is 46.6 Å². The summed E-state index contributed by atoms with van der Waals surface area (Å²) >= 11 is 0. The molecule has 4 N–H and O–H groups in total. The van der Waals surface area contributed by atoms with E-state index in [0.29, 0.717) is 12.8 Å². The first-order valence-corrected chi connectivity index (χ1v) is 9.67. The topological polar surface area (TPSA) is 201 Å². The van der Waals surface area contributed by atoms with Crippen LogP contribution in [0.15, 0.2) is 20.5 Å². The Bertz CT molecular complexity index is 737. The predicted molar refractivity (Wildman–Crippen MR) is 113 cm³/mol. The number of hydrogen-bond donors (Lipinski definition) is 4. The lowest BCUT2D eigenvalue weighted by Crippen LogP contribution is -2.28. The molecule has 0 aromatic heterocycles. The van der Waals surface area contributed by atoms with Gasteiger partial charge in [0.05, 0.1) is 24.6 Å². The number of carbonyl (C=O) groups excluding carboxylic acids is 4. The van der Waals surface area contributed by atoms with E-state index in [4.69, 9.17) is 10.4 Å². The van der Waals surface area contributed by atoms with Crippen LogP contribution in [0, 0.1) is 0 Å². The second kappa shape index (κ2) is 15.9. The summed E-state index contributed by atoms with van der Waals surface area (Å²) in [6.07, 6.45) is 0.784. The highest BCUT2D eigenvalue weighted by Gasteiger charge is 2.18. The Hall–Kier alpha value is -3.84. The summed E-state index contributed by atoms with van der Waals surface area (Å²) in [6.45, 7) is 6.04. The number of esters is 2. The Balaban J connectivity index is 4.42. The highest BCUT2D eigenvalue weighted by Crippen LogP contribution is 2.00. The van der Waals surface area contributed by atoms with E-state index >= 15 is 0 Å². The molecule has 0 atom stereocenters. The molecule has 14 nitrogen and oxygen atoms in total. The smallest absolute Gasteiger partial charge is 0.362 e. The van der Waals surface area contributed by atoms with Crippen molar-refractivity contribution in [3.8, 4) is 0 Å². The van der Waals surface area contributed by atoms with E-state index in [-0.39, 0.29) is 37.5 Å². The number of oxime groups is 2. The molecule has 0 aromatic carbocycles. The molecule has 0 saturated carbocycles. The van der Waals surface area contributed by atoms with Crippen molar-refractivity contribution in [3.05, 3.63) is 0 Å². The lowest BCUT2D eigenvalue weighted by Gasteiger charge is -2.05. The van der Waals surface area contributed by atoms with Crippen LogP contribution in [0.1, 0.15) is 53.4 Å². The second-order valence-corrected chi connectivity index (χ2v) is 6.01. The maximum Gasteiger partial charge on any atom is 0.362 e. The van der Waals surface area contributed by atoms with Crippen LogP contribution < -0.4 is 10.9 Å². The monoisotopic (exact) mass is 456 g/mol. The Morgan fingerprint density at radius 1 is 0.719 bits per heavy atom. The minimum absolute atomic E-state index is 0.0412. The summed E-state index contributed by atoms with van der Waals surface area (Å²) in [6, 6.07) is 0. The van der Waals surface area contributed by atoms with Crippen LogP contribution in [0.5, 0.6) is 0 Å². The summed E-state index contributed by atoms with van der Waals surface area (Å²) in [5.41, 5.74) is 3.47. The molecular formula is C18H28N6O8. The van der Waals surface area contributed by atoms with Gasteiger partial charge >= 0.3 is 11.9 Å². The normalized spacial score (nSPS) is 12.8. The number of nitrogens with one attached hydrogen (secondary N) is 2. The first-order valence-electron chi connectivity index (χ1n) is 9.67. The van der Waals surface area contributed by atoms with Gasteiger partial charge in [-0.1, -0.05) is 10.3 Å². The number of hydrogen-bond acceptors (Lipinski definition) is 12. The Morgan fingerprint density at radius 3 is 1.34 bits per heavy atom. The lowest BCUT2D eigenvalue weighted by molar-refractivity contribution is -0.135. The average molecular weight is 456 g/mol. The van der Waals surface area contributed by atoms with Gasteiger partial charge < -0.3 is 19.9 Å². The number of hydrazone groups is 2. The molecule has 0 heterocycles. The van der Waals surface area contributed by atoms with Gasteiger partial charge in [-0.15, -0.1) is 0 Å². The van der Waals surface area contributed by atoms with E-state index < -0.39 is 35.2 Å². The van der Waals surface area contributed by atoms with Gasteiger partial charge in [0.1, 0.15) is 0 Å². The van der Waals surface area contributed by atoms with Crippen LogP contribution in [0.3, 0.4) is 0 Å². The molecule has 178 valence electrons. The molecule has 0 rings (SSSR count). The summed E-state index contributed by atoms with van der Waals surface area (Å²) in [7, 11) is 0. The molecule has 0 saturated heterocycles. The van der Waals surface area contributed by atoms with Gasteiger partial charge in [-0.3, -0.25) is 9.59 Å². The average Bonchev–Trinajstić information content (AvgIpc) is 2.75. The minimum atomic E-state index is -0.881. The number of rotatable bonds is 13. The van der Waals surface area contributed by atoms with Crippen molar-refractivity contribution in [3.63, 3.8) is 0 Å².